The quantitative estimate of drug-likeness (QED) is 0.801. The van der Waals surface area contributed by atoms with Gasteiger partial charge < -0.3 is 10.6 Å². The van der Waals surface area contributed by atoms with E-state index in [1.807, 2.05) is 6.92 Å². The van der Waals surface area contributed by atoms with E-state index in [1.54, 1.807) is 6.92 Å². The number of rotatable bonds is 6. The lowest BCUT2D eigenvalue weighted by Gasteiger charge is -2.06. The number of aryl methyl sites for hydroxylation is 1. The normalized spacial score (nSPS) is 11.3. The first-order valence-electron chi connectivity index (χ1n) is 7.92. The Bertz CT molecular complexity index is 786. The van der Waals surface area contributed by atoms with Gasteiger partial charge in [0, 0.05) is 12.1 Å². The van der Waals surface area contributed by atoms with E-state index in [9.17, 15) is 22.8 Å². The summed E-state index contributed by atoms with van der Waals surface area (Å²) in [6.07, 6.45) is -3.61. The van der Waals surface area contributed by atoms with Crippen LogP contribution in [0.3, 0.4) is 0 Å². The highest BCUT2D eigenvalue weighted by Crippen LogP contribution is 2.32. The van der Waals surface area contributed by atoms with Crippen molar-refractivity contribution in [3.8, 4) is 10.6 Å². The molecule has 2 rings (SSSR count). The van der Waals surface area contributed by atoms with E-state index < -0.39 is 17.6 Å². The molecule has 1 aromatic heterocycles. The molecule has 1 aromatic carbocycles. The van der Waals surface area contributed by atoms with Gasteiger partial charge in [0.2, 0.25) is 5.91 Å². The molecule has 2 N–H and O–H groups in total. The predicted octanol–water partition coefficient (Wildman–Crippen LogP) is 3.39. The van der Waals surface area contributed by atoms with Gasteiger partial charge in [0.15, 0.2) is 0 Å². The van der Waals surface area contributed by atoms with E-state index in [1.165, 1.54) is 12.1 Å². The van der Waals surface area contributed by atoms with E-state index in [2.05, 4.69) is 15.6 Å². The predicted molar refractivity (Wildman–Crippen MR) is 92.9 cm³/mol. The Hall–Kier alpha value is -2.42. The first-order valence-corrected chi connectivity index (χ1v) is 8.74. The number of nitrogens with one attached hydrogen (secondary N) is 2. The van der Waals surface area contributed by atoms with Gasteiger partial charge in [-0.3, -0.25) is 9.59 Å². The summed E-state index contributed by atoms with van der Waals surface area (Å²) in [4.78, 5) is 28.3. The highest BCUT2D eigenvalue weighted by Gasteiger charge is 2.30. The van der Waals surface area contributed by atoms with Crippen LogP contribution in [0, 0.1) is 6.92 Å². The zero-order valence-corrected chi connectivity index (χ0v) is 15.1. The van der Waals surface area contributed by atoms with Crippen molar-refractivity contribution in [2.24, 2.45) is 0 Å². The molecule has 0 fully saturated rings. The first-order chi connectivity index (χ1) is 12.2. The second-order valence-corrected chi connectivity index (χ2v) is 6.54. The molecule has 0 unspecified atom stereocenters. The molecule has 0 aliphatic heterocycles. The van der Waals surface area contributed by atoms with Crippen molar-refractivity contribution < 1.29 is 22.8 Å². The van der Waals surface area contributed by atoms with Crippen LogP contribution in [0.5, 0.6) is 0 Å². The monoisotopic (exact) mass is 385 g/mol. The minimum atomic E-state index is -4.40. The average Bonchev–Trinajstić information content (AvgIpc) is 2.99. The Morgan fingerprint density at radius 3 is 2.38 bits per heavy atom. The van der Waals surface area contributed by atoms with E-state index in [0.717, 1.165) is 29.9 Å². The van der Waals surface area contributed by atoms with Gasteiger partial charge in [-0.2, -0.15) is 13.2 Å². The molecule has 0 aliphatic carbocycles. The fourth-order valence-electron chi connectivity index (χ4n) is 2.10. The second kappa shape index (κ2) is 8.31. The highest BCUT2D eigenvalue weighted by molar-refractivity contribution is 7.17. The van der Waals surface area contributed by atoms with Crippen LogP contribution in [-0.2, 0) is 11.0 Å². The van der Waals surface area contributed by atoms with Gasteiger partial charge >= 0.3 is 6.18 Å². The third-order valence-electron chi connectivity index (χ3n) is 3.44. The number of hydrogen-bond donors (Lipinski definition) is 2. The Morgan fingerprint density at radius 2 is 1.81 bits per heavy atom. The maximum atomic E-state index is 12.6. The van der Waals surface area contributed by atoms with Gasteiger partial charge in [0.05, 0.1) is 17.8 Å². The molecule has 0 atom stereocenters. The molecular formula is C17H18F3N3O2S. The summed E-state index contributed by atoms with van der Waals surface area (Å²) in [7, 11) is 0. The van der Waals surface area contributed by atoms with Gasteiger partial charge in [-0.25, -0.2) is 4.98 Å². The van der Waals surface area contributed by atoms with E-state index in [4.69, 9.17) is 0 Å². The number of aromatic nitrogens is 1. The SMILES string of the molecule is CCCNC(=O)CNC(=O)c1sc(-c2ccc(C(F)(F)F)cc2)nc1C. The minimum Gasteiger partial charge on any atom is -0.355 e. The van der Waals surface area contributed by atoms with Crippen molar-refractivity contribution in [1.82, 2.24) is 15.6 Å². The molecule has 1 heterocycles. The first kappa shape index (κ1) is 19.9. The smallest absolute Gasteiger partial charge is 0.355 e. The van der Waals surface area contributed by atoms with E-state index in [-0.39, 0.29) is 12.5 Å². The van der Waals surface area contributed by atoms with Crippen molar-refractivity contribution in [3.05, 3.63) is 40.4 Å². The molecule has 2 aromatic rings. The average molecular weight is 385 g/mol. The molecule has 0 saturated carbocycles. The van der Waals surface area contributed by atoms with Crippen LogP contribution in [-0.4, -0.2) is 29.9 Å². The Morgan fingerprint density at radius 1 is 1.15 bits per heavy atom. The zero-order chi connectivity index (χ0) is 19.3. The zero-order valence-electron chi connectivity index (χ0n) is 14.2. The van der Waals surface area contributed by atoms with Gasteiger partial charge in [-0.15, -0.1) is 11.3 Å². The van der Waals surface area contributed by atoms with Gasteiger partial charge in [0.1, 0.15) is 9.88 Å². The summed E-state index contributed by atoms with van der Waals surface area (Å²) in [5.74, 6) is -0.727. The fraction of sp³-hybridized carbons (Fsp3) is 0.353. The summed E-state index contributed by atoms with van der Waals surface area (Å²) in [6.45, 7) is 3.94. The lowest BCUT2D eigenvalue weighted by molar-refractivity contribution is -0.137. The molecule has 140 valence electrons. The Labute approximate surface area is 152 Å². The molecule has 9 heteroatoms. The van der Waals surface area contributed by atoms with Crippen LogP contribution in [0.15, 0.2) is 24.3 Å². The lowest BCUT2D eigenvalue weighted by Crippen LogP contribution is -2.37. The summed E-state index contributed by atoms with van der Waals surface area (Å²) in [5, 5.41) is 5.60. The third kappa shape index (κ3) is 5.04. The number of carbonyl (C=O) groups is 2. The molecule has 2 amide bonds. The molecule has 0 aliphatic rings. The number of alkyl halides is 3. The Kier molecular flexibility index (Phi) is 6.36. The van der Waals surface area contributed by atoms with Crippen LogP contribution < -0.4 is 10.6 Å². The minimum absolute atomic E-state index is 0.147. The van der Waals surface area contributed by atoms with Crippen molar-refractivity contribution in [1.29, 1.82) is 0 Å². The standard InChI is InChI=1S/C17H18F3N3O2S/c1-3-8-21-13(24)9-22-15(25)14-10(2)23-16(26-14)11-4-6-12(7-5-11)17(18,19)20/h4-7H,3,8-9H2,1-2H3,(H,21,24)(H,22,25). The molecule has 0 bridgehead atoms. The number of carbonyl (C=O) groups excluding carboxylic acids is 2. The number of halogens is 3. The van der Waals surface area contributed by atoms with Crippen molar-refractivity contribution in [2.45, 2.75) is 26.4 Å². The lowest BCUT2D eigenvalue weighted by atomic mass is 10.1. The van der Waals surface area contributed by atoms with Gasteiger partial charge in [-0.05, 0) is 25.5 Å². The van der Waals surface area contributed by atoms with E-state index in [0.29, 0.717) is 27.7 Å². The summed E-state index contributed by atoms with van der Waals surface area (Å²) < 4.78 is 37.9. The topological polar surface area (TPSA) is 71.1 Å². The summed E-state index contributed by atoms with van der Waals surface area (Å²) in [6, 6.07) is 4.59. The molecule has 0 radical (unpaired) electrons. The molecular weight excluding hydrogens is 367 g/mol. The largest absolute Gasteiger partial charge is 0.416 e. The number of benzene rings is 1. The van der Waals surface area contributed by atoms with Crippen LogP contribution in [0.25, 0.3) is 10.6 Å². The maximum Gasteiger partial charge on any atom is 0.416 e. The number of nitrogens with zero attached hydrogens (tertiary/aromatic N) is 1. The molecule has 0 spiro atoms. The molecule has 26 heavy (non-hydrogen) atoms. The van der Waals surface area contributed by atoms with Crippen LogP contribution in [0.2, 0.25) is 0 Å². The van der Waals surface area contributed by atoms with Crippen LogP contribution >= 0.6 is 11.3 Å². The van der Waals surface area contributed by atoms with Gasteiger partial charge in [-0.1, -0.05) is 19.1 Å². The summed E-state index contributed by atoms with van der Waals surface area (Å²) >= 11 is 1.07. The molecule has 5 nitrogen and oxygen atoms in total. The number of thiazole rings is 1. The van der Waals surface area contributed by atoms with Crippen LogP contribution in [0.4, 0.5) is 13.2 Å². The van der Waals surface area contributed by atoms with Crippen molar-refractivity contribution in [2.75, 3.05) is 13.1 Å². The Balaban J connectivity index is 2.08. The number of amides is 2. The second-order valence-electron chi connectivity index (χ2n) is 5.54. The van der Waals surface area contributed by atoms with Crippen LogP contribution in [0.1, 0.15) is 34.3 Å². The fourth-order valence-corrected chi connectivity index (χ4v) is 3.09. The van der Waals surface area contributed by atoms with Gasteiger partial charge in [0.25, 0.3) is 5.91 Å². The molecule has 0 saturated heterocycles. The summed E-state index contributed by atoms with van der Waals surface area (Å²) in [5.41, 5.74) is 0.202. The highest BCUT2D eigenvalue weighted by atomic mass is 32.1. The van der Waals surface area contributed by atoms with Crippen molar-refractivity contribution in [3.63, 3.8) is 0 Å². The number of hydrogen-bond acceptors (Lipinski definition) is 4. The third-order valence-corrected chi connectivity index (χ3v) is 4.65. The van der Waals surface area contributed by atoms with E-state index >= 15 is 0 Å². The van der Waals surface area contributed by atoms with Crippen molar-refractivity contribution >= 4 is 23.2 Å². The maximum absolute atomic E-state index is 12.6.